The van der Waals surface area contributed by atoms with E-state index in [1.54, 1.807) is 0 Å². The zero-order valence-corrected chi connectivity index (χ0v) is 11.0. The maximum atomic E-state index is 2.35. The van der Waals surface area contributed by atoms with E-state index in [1.807, 2.05) is 13.8 Å². The Balaban J connectivity index is 0.000000606. The fraction of sp³-hybridized carbons (Fsp3) is 0.467. The molecule has 0 radical (unpaired) electrons. The average molecular weight is 217 g/mol. The largest absolute Gasteiger partial charge is 0.302 e. The minimum atomic E-state index is 1.09. The van der Waals surface area contributed by atoms with Crippen LogP contribution in [0.1, 0.15) is 31.4 Å². The molecule has 0 fully saturated rings. The number of aryl methyl sites for hydroxylation is 1. The second-order valence-electron chi connectivity index (χ2n) is 4.11. The van der Waals surface area contributed by atoms with Gasteiger partial charge in [0.1, 0.15) is 0 Å². The molecule has 1 heteroatoms. The highest BCUT2D eigenvalue weighted by Crippen LogP contribution is 2.22. The van der Waals surface area contributed by atoms with Crippen LogP contribution in [0.15, 0.2) is 30.3 Å². The van der Waals surface area contributed by atoms with Crippen molar-refractivity contribution >= 4 is 5.57 Å². The Bertz CT molecular complexity index is 352. The first-order valence-corrected chi connectivity index (χ1v) is 6.20. The van der Waals surface area contributed by atoms with E-state index in [-0.39, 0.29) is 0 Å². The molecule has 88 valence electrons. The van der Waals surface area contributed by atoms with Crippen molar-refractivity contribution in [3.8, 4) is 0 Å². The average Bonchev–Trinajstić information content (AvgIpc) is 2.32. The standard InChI is InChI=1S/C13H17N.C2H6/c1-11-4-3-5-13(10-11)12-6-8-14(2)9-7-12;1-2/h3-6,10H,7-9H2,1-2H3;1-2H3. The molecule has 1 heterocycles. The van der Waals surface area contributed by atoms with Gasteiger partial charge in [0.05, 0.1) is 0 Å². The minimum Gasteiger partial charge on any atom is -0.302 e. The third kappa shape index (κ3) is 3.49. The van der Waals surface area contributed by atoms with Crippen LogP contribution in [0, 0.1) is 6.92 Å². The van der Waals surface area contributed by atoms with E-state index in [2.05, 4.69) is 49.2 Å². The summed E-state index contributed by atoms with van der Waals surface area (Å²) in [6.07, 6.45) is 3.53. The molecule has 0 aliphatic carbocycles. The van der Waals surface area contributed by atoms with Crippen molar-refractivity contribution in [1.29, 1.82) is 0 Å². The lowest BCUT2D eigenvalue weighted by Crippen LogP contribution is -2.23. The summed E-state index contributed by atoms with van der Waals surface area (Å²) in [5, 5.41) is 0. The summed E-state index contributed by atoms with van der Waals surface area (Å²) in [7, 11) is 2.17. The van der Waals surface area contributed by atoms with Crippen LogP contribution < -0.4 is 0 Å². The van der Waals surface area contributed by atoms with Gasteiger partial charge in [0, 0.05) is 13.1 Å². The smallest absolute Gasteiger partial charge is 0.0166 e. The second-order valence-corrected chi connectivity index (χ2v) is 4.11. The third-order valence-electron chi connectivity index (χ3n) is 2.80. The lowest BCUT2D eigenvalue weighted by molar-refractivity contribution is 0.370. The first-order chi connectivity index (χ1) is 7.75. The predicted octanol–water partition coefficient (Wildman–Crippen LogP) is 3.74. The molecule has 1 aromatic rings. The van der Waals surface area contributed by atoms with Gasteiger partial charge in [0.2, 0.25) is 0 Å². The van der Waals surface area contributed by atoms with E-state index >= 15 is 0 Å². The van der Waals surface area contributed by atoms with E-state index in [0.717, 1.165) is 6.54 Å². The van der Waals surface area contributed by atoms with E-state index in [9.17, 15) is 0 Å². The Morgan fingerprint density at radius 1 is 1.19 bits per heavy atom. The summed E-state index contributed by atoms with van der Waals surface area (Å²) < 4.78 is 0. The van der Waals surface area contributed by atoms with Crippen LogP contribution in [0.25, 0.3) is 5.57 Å². The molecule has 0 aromatic heterocycles. The number of hydrogen-bond acceptors (Lipinski definition) is 1. The topological polar surface area (TPSA) is 3.24 Å². The summed E-state index contributed by atoms with van der Waals surface area (Å²) >= 11 is 0. The van der Waals surface area contributed by atoms with Gasteiger partial charge in [-0.2, -0.15) is 0 Å². The molecule has 0 amide bonds. The van der Waals surface area contributed by atoms with Gasteiger partial charge in [0.15, 0.2) is 0 Å². The van der Waals surface area contributed by atoms with Crippen LogP contribution in [0.5, 0.6) is 0 Å². The van der Waals surface area contributed by atoms with E-state index in [4.69, 9.17) is 0 Å². The van der Waals surface area contributed by atoms with Crippen LogP contribution in [-0.4, -0.2) is 25.0 Å². The lowest BCUT2D eigenvalue weighted by atomic mass is 9.98. The Kier molecular flexibility index (Phi) is 5.27. The molecule has 1 aromatic carbocycles. The summed E-state index contributed by atoms with van der Waals surface area (Å²) in [5.74, 6) is 0. The molecule has 1 aliphatic heterocycles. The van der Waals surface area contributed by atoms with E-state index < -0.39 is 0 Å². The molecular formula is C15H23N. The van der Waals surface area contributed by atoms with Gasteiger partial charge in [-0.15, -0.1) is 0 Å². The van der Waals surface area contributed by atoms with Crippen LogP contribution in [0.3, 0.4) is 0 Å². The highest BCUT2D eigenvalue weighted by atomic mass is 15.1. The lowest BCUT2D eigenvalue weighted by Gasteiger charge is -2.22. The summed E-state index contributed by atoms with van der Waals surface area (Å²) in [6, 6.07) is 8.78. The van der Waals surface area contributed by atoms with Gasteiger partial charge >= 0.3 is 0 Å². The number of benzene rings is 1. The molecule has 0 saturated carbocycles. The Morgan fingerprint density at radius 3 is 2.50 bits per heavy atom. The van der Waals surface area contributed by atoms with Gasteiger partial charge in [-0.3, -0.25) is 0 Å². The monoisotopic (exact) mass is 217 g/mol. The molecule has 2 rings (SSSR count). The van der Waals surface area contributed by atoms with Crippen LogP contribution in [0.4, 0.5) is 0 Å². The molecule has 0 saturated heterocycles. The van der Waals surface area contributed by atoms with E-state index in [1.165, 1.54) is 29.7 Å². The number of rotatable bonds is 1. The SMILES string of the molecule is CC.Cc1cccc(C2=CCN(C)CC2)c1. The first kappa shape index (κ1) is 13.0. The van der Waals surface area contributed by atoms with E-state index in [0.29, 0.717) is 0 Å². The molecule has 0 atom stereocenters. The van der Waals surface area contributed by atoms with Crippen LogP contribution >= 0.6 is 0 Å². The molecule has 0 bridgehead atoms. The molecule has 0 unspecified atom stereocenters. The van der Waals surface area contributed by atoms with Crippen molar-refractivity contribution in [3.63, 3.8) is 0 Å². The molecular weight excluding hydrogens is 194 g/mol. The van der Waals surface area contributed by atoms with Gasteiger partial charge < -0.3 is 4.90 Å². The number of nitrogens with zero attached hydrogens (tertiary/aromatic N) is 1. The van der Waals surface area contributed by atoms with Crippen LogP contribution in [-0.2, 0) is 0 Å². The first-order valence-electron chi connectivity index (χ1n) is 6.20. The third-order valence-corrected chi connectivity index (χ3v) is 2.80. The summed E-state index contributed by atoms with van der Waals surface area (Å²) in [4.78, 5) is 2.35. The molecule has 1 nitrogen and oxygen atoms in total. The van der Waals surface area contributed by atoms with Crippen molar-refractivity contribution in [2.75, 3.05) is 20.1 Å². The Morgan fingerprint density at radius 2 is 1.94 bits per heavy atom. The van der Waals surface area contributed by atoms with Crippen molar-refractivity contribution in [2.45, 2.75) is 27.2 Å². The van der Waals surface area contributed by atoms with Gasteiger partial charge in [-0.25, -0.2) is 0 Å². The number of likely N-dealkylation sites (N-methyl/N-ethyl adjacent to an activating group) is 1. The van der Waals surface area contributed by atoms with Crippen molar-refractivity contribution in [2.24, 2.45) is 0 Å². The van der Waals surface area contributed by atoms with Gasteiger partial charge in [-0.05, 0) is 31.5 Å². The second kappa shape index (κ2) is 6.49. The number of hydrogen-bond donors (Lipinski definition) is 0. The highest BCUT2D eigenvalue weighted by Gasteiger charge is 2.08. The van der Waals surface area contributed by atoms with Crippen molar-refractivity contribution in [3.05, 3.63) is 41.5 Å². The molecule has 16 heavy (non-hydrogen) atoms. The Hall–Kier alpha value is -1.08. The quantitative estimate of drug-likeness (QED) is 0.692. The maximum absolute atomic E-state index is 2.35. The van der Waals surface area contributed by atoms with Crippen LogP contribution in [0.2, 0.25) is 0 Å². The fourth-order valence-electron chi connectivity index (χ4n) is 1.88. The normalized spacial score (nSPS) is 16.1. The fourth-order valence-corrected chi connectivity index (χ4v) is 1.88. The molecule has 1 aliphatic rings. The predicted molar refractivity (Wildman–Crippen MR) is 72.6 cm³/mol. The maximum Gasteiger partial charge on any atom is 0.0166 e. The Labute approximate surface area is 99.8 Å². The molecule has 0 spiro atoms. The van der Waals surface area contributed by atoms with Crippen molar-refractivity contribution in [1.82, 2.24) is 4.90 Å². The molecule has 0 N–H and O–H groups in total. The highest BCUT2D eigenvalue weighted by molar-refractivity contribution is 5.67. The van der Waals surface area contributed by atoms with Crippen molar-refractivity contribution < 1.29 is 0 Å². The zero-order chi connectivity index (χ0) is 12.0. The van der Waals surface area contributed by atoms with Gasteiger partial charge in [0.25, 0.3) is 0 Å². The van der Waals surface area contributed by atoms with Gasteiger partial charge in [-0.1, -0.05) is 49.8 Å². The summed E-state index contributed by atoms with van der Waals surface area (Å²) in [5.41, 5.74) is 4.26. The zero-order valence-electron chi connectivity index (χ0n) is 11.0. The minimum absolute atomic E-state index is 1.09. The summed E-state index contributed by atoms with van der Waals surface area (Å²) in [6.45, 7) is 8.42.